The van der Waals surface area contributed by atoms with Crippen molar-refractivity contribution >= 4 is 21.9 Å². The first-order chi connectivity index (χ1) is 15.5. The van der Waals surface area contributed by atoms with Crippen LogP contribution in [0.1, 0.15) is 41.9 Å². The molecule has 10 nitrogen and oxygen atoms in total. The smallest absolute Gasteiger partial charge is 0.475 e. The molecule has 182 valence electrons. The molecule has 3 heterocycles. The maximum Gasteiger partial charge on any atom is 0.490 e. The van der Waals surface area contributed by atoms with Crippen LogP contribution in [0.15, 0.2) is 36.8 Å². The normalized spacial score (nSPS) is 16.3. The minimum Gasteiger partial charge on any atom is -0.475 e. The molecule has 2 aromatic heterocycles. The first-order valence-electron chi connectivity index (χ1n) is 9.94. The first-order valence-corrected chi connectivity index (χ1v) is 11.5. The van der Waals surface area contributed by atoms with E-state index >= 15 is 0 Å². The lowest BCUT2D eigenvalue weighted by Crippen LogP contribution is -2.43. The van der Waals surface area contributed by atoms with E-state index in [0.717, 1.165) is 5.69 Å². The molecule has 2 N–H and O–H groups in total. The van der Waals surface area contributed by atoms with Gasteiger partial charge in [0.25, 0.3) is 5.91 Å². The molecule has 0 saturated carbocycles. The van der Waals surface area contributed by atoms with Crippen molar-refractivity contribution < 1.29 is 36.3 Å². The highest BCUT2D eigenvalue weighted by Gasteiger charge is 2.38. The Hall–Kier alpha value is -3.00. The number of carbonyl (C=O) groups is 2. The van der Waals surface area contributed by atoms with Gasteiger partial charge in [-0.3, -0.25) is 14.5 Å². The van der Waals surface area contributed by atoms with Gasteiger partial charge in [-0.25, -0.2) is 13.2 Å². The van der Waals surface area contributed by atoms with Crippen molar-refractivity contribution in [1.29, 1.82) is 0 Å². The zero-order chi connectivity index (χ0) is 24.6. The third kappa shape index (κ3) is 7.53. The van der Waals surface area contributed by atoms with Crippen LogP contribution >= 0.6 is 0 Å². The van der Waals surface area contributed by atoms with Gasteiger partial charge in [0.1, 0.15) is 0 Å². The molecule has 0 saturated heterocycles. The predicted octanol–water partition coefficient (Wildman–Crippen LogP) is 1.83. The first kappa shape index (κ1) is 26.3. The third-order valence-electron chi connectivity index (χ3n) is 4.64. The molecule has 0 radical (unpaired) electrons. The van der Waals surface area contributed by atoms with Crippen LogP contribution in [0.5, 0.6) is 0 Å². The number of halogens is 3. The SMILES string of the molecule is CCCS(=O)(=O)N1Cc2ccnn2C(CCNC(=O)c2cccnc2)C1.O=C(O)C(F)(F)F. The number of sulfonamides is 1. The Kier molecular flexibility index (Phi) is 8.93. The summed E-state index contributed by atoms with van der Waals surface area (Å²) in [5.41, 5.74) is 1.38. The second-order valence-electron chi connectivity index (χ2n) is 7.12. The third-order valence-corrected chi connectivity index (χ3v) is 6.62. The Morgan fingerprint density at radius 1 is 1.27 bits per heavy atom. The summed E-state index contributed by atoms with van der Waals surface area (Å²) in [7, 11) is -3.27. The average molecular weight is 491 g/mol. The molecule has 1 aliphatic heterocycles. The van der Waals surface area contributed by atoms with E-state index in [9.17, 15) is 26.4 Å². The summed E-state index contributed by atoms with van der Waals surface area (Å²) >= 11 is 0. The van der Waals surface area contributed by atoms with E-state index in [0.29, 0.717) is 38.0 Å². The Labute approximate surface area is 188 Å². The van der Waals surface area contributed by atoms with Crippen LogP contribution in [0.3, 0.4) is 0 Å². The molecule has 1 atom stereocenters. The number of pyridine rings is 1. The number of hydrogen-bond acceptors (Lipinski definition) is 6. The van der Waals surface area contributed by atoms with Gasteiger partial charge in [0, 0.05) is 31.7 Å². The molecule has 1 amide bonds. The molecule has 1 aliphatic rings. The fourth-order valence-electron chi connectivity index (χ4n) is 3.12. The van der Waals surface area contributed by atoms with Gasteiger partial charge in [-0.2, -0.15) is 22.6 Å². The van der Waals surface area contributed by atoms with Crippen molar-refractivity contribution in [3.8, 4) is 0 Å². The van der Waals surface area contributed by atoms with Gasteiger partial charge in [0.05, 0.1) is 29.6 Å². The molecular formula is C19H24F3N5O5S. The minimum absolute atomic E-state index is 0.102. The number of carboxylic acids is 1. The number of carboxylic acid groups (broad SMARTS) is 1. The van der Waals surface area contributed by atoms with E-state index < -0.39 is 22.2 Å². The topological polar surface area (TPSA) is 134 Å². The van der Waals surface area contributed by atoms with Gasteiger partial charge in [-0.05, 0) is 31.0 Å². The standard InChI is InChI=1S/C17H23N5O3S.C2HF3O2/c1-2-10-26(24,25)21-12-15(22-16(13-21)6-9-20-22)5-8-19-17(23)14-4-3-7-18-11-14;3-2(4,5)1(6)7/h3-4,6-7,9,11,15H,2,5,8,10,12-13H2,1H3,(H,19,23);(H,6,7). The molecule has 2 aromatic rings. The van der Waals surface area contributed by atoms with Crippen LogP contribution in [0.4, 0.5) is 13.2 Å². The van der Waals surface area contributed by atoms with Crippen molar-refractivity contribution in [3.05, 3.63) is 48.0 Å². The number of aliphatic carboxylic acids is 1. The monoisotopic (exact) mass is 491 g/mol. The number of nitrogens with one attached hydrogen (secondary N) is 1. The van der Waals surface area contributed by atoms with Crippen molar-refractivity contribution in [2.24, 2.45) is 0 Å². The summed E-state index contributed by atoms with van der Waals surface area (Å²) in [5.74, 6) is -2.80. The van der Waals surface area contributed by atoms with Gasteiger partial charge >= 0.3 is 12.1 Å². The number of nitrogens with zero attached hydrogens (tertiary/aromatic N) is 4. The Balaban J connectivity index is 0.000000479. The summed E-state index contributed by atoms with van der Waals surface area (Å²) in [6, 6.07) is 5.15. The number of rotatable bonds is 7. The maximum atomic E-state index is 12.4. The molecular weight excluding hydrogens is 467 g/mol. The van der Waals surface area contributed by atoms with E-state index in [2.05, 4.69) is 15.4 Å². The second kappa shape index (κ2) is 11.2. The van der Waals surface area contributed by atoms with Crippen LogP contribution in [0.2, 0.25) is 0 Å². The van der Waals surface area contributed by atoms with E-state index in [4.69, 9.17) is 9.90 Å². The van der Waals surface area contributed by atoms with Crippen molar-refractivity contribution in [1.82, 2.24) is 24.4 Å². The molecule has 0 aromatic carbocycles. The van der Waals surface area contributed by atoms with E-state index in [1.807, 2.05) is 17.7 Å². The number of fused-ring (bicyclic) bond motifs is 1. The molecule has 0 fully saturated rings. The van der Waals surface area contributed by atoms with Crippen LogP contribution in [-0.4, -0.2) is 69.5 Å². The van der Waals surface area contributed by atoms with Gasteiger partial charge < -0.3 is 10.4 Å². The summed E-state index contributed by atoms with van der Waals surface area (Å²) in [6.07, 6.45) is 0.916. The summed E-state index contributed by atoms with van der Waals surface area (Å²) in [6.45, 7) is 3.01. The fourth-order valence-corrected chi connectivity index (χ4v) is 4.62. The van der Waals surface area contributed by atoms with Gasteiger partial charge in [0.2, 0.25) is 10.0 Å². The second-order valence-corrected chi connectivity index (χ2v) is 9.21. The van der Waals surface area contributed by atoms with Crippen molar-refractivity contribution in [3.63, 3.8) is 0 Å². The molecule has 14 heteroatoms. The van der Waals surface area contributed by atoms with Crippen molar-refractivity contribution in [2.75, 3.05) is 18.8 Å². The highest BCUT2D eigenvalue weighted by atomic mass is 32.2. The minimum atomic E-state index is -5.08. The van der Waals surface area contributed by atoms with E-state index in [-0.39, 0.29) is 17.7 Å². The molecule has 0 aliphatic carbocycles. The zero-order valence-corrected chi connectivity index (χ0v) is 18.5. The number of carbonyl (C=O) groups excluding carboxylic acids is 1. The van der Waals surface area contributed by atoms with Gasteiger partial charge in [-0.1, -0.05) is 6.92 Å². The van der Waals surface area contributed by atoms with Crippen LogP contribution < -0.4 is 5.32 Å². The highest BCUT2D eigenvalue weighted by molar-refractivity contribution is 7.89. The van der Waals surface area contributed by atoms with E-state index in [1.165, 1.54) is 10.5 Å². The highest BCUT2D eigenvalue weighted by Crippen LogP contribution is 2.25. The quantitative estimate of drug-likeness (QED) is 0.603. The maximum absolute atomic E-state index is 12.4. The zero-order valence-electron chi connectivity index (χ0n) is 17.7. The van der Waals surface area contributed by atoms with Gasteiger partial charge in [-0.15, -0.1) is 0 Å². The van der Waals surface area contributed by atoms with Crippen LogP contribution in [-0.2, 0) is 21.4 Å². The van der Waals surface area contributed by atoms with Crippen molar-refractivity contribution in [2.45, 2.75) is 38.5 Å². The Morgan fingerprint density at radius 3 is 2.55 bits per heavy atom. The van der Waals surface area contributed by atoms with Gasteiger partial charge in [0.15, 0.2) is 0 Å². The summed E-state index contributed by atoms with van der Waals surface area (Å²) in [4.78, 5) is 24.9. The Morgan fingerprint density at radius 2 is 1.97 bits per heavy atom. The lowest BCUT2D eigenvalue weighted by molar-refractivity contribution is -0.192. The average Bonchev–Trinajstić information content (AvgIpc) is 3.23. The predicted molar refractivity (Wildman–Crippen MR) is 111 cm³/mol. The molecule has 0 spiro atoms. The number of hydrogen-bond donors (Lipinski definition) is 2. The lowest BCUT2D eigenvalue weighted by atomic mass is 10.1. The van der Waals surface area contributed by atoms with Crippen LogP contribution in [0.25, 0.3) is 0 Å². The number of aromatic nitrogens is 3. The molecule has 3 rings (SSSR count). The van der Waals surface area contributed by atoms with Crippen LogP contribution in [0, 0.1) is 0 Å². The fraction of sp³-hybridized carbons (Fsp3) is 0.474. The molecule has 33 heavy (non-hydrogen) atoms. The summed E-state index contributed by atoms with van der Waals surface area (Å²) < 4.78 is 60.0. The summed E-state index contributed by atoms with van der Waals surface area (Å²) in [5, 5.41) is 14.3. The largest absolute Gasteiger partial charge is 0.490 e. The number of alkyl halides is 3. The molecule has 1 unspecified atom stereocenters. The van der Waals surface area contributed by atoms with E-state index in [1.54, 1.807) is 24.5 Å². The lowest BCUT2D eigenvalue weighted by Gasteiger charge is -2.33. The Bertz CT molecular complexity index is 1040. The number of amides is 1. The molecule has 0 bridgehead atoms.